The smallest absolute Gasteiger partial charge is 0.330 e. The average Bonchev–Trinajstić information content (AvgIpc) is 2.41. The Morgan fingerprint density at radius 2 is 1.67 bits per heavy atom. The predicted octanol–water partition coefficient (Wildman–Crippen LogP) is 0.650. The summed E-state index contributed by atoms with van der Waals surface area (Å²) in [5.74, 6) is -0.539. The first-order valence-corrected chi connectivity index (χ1v) is 6.76. The van der Waals surface area contributed by atoms with E-state index in [2.05, 4.69) is 6.58 Å². The molecule has 0 aliphatic heterocycles. The zero-order valence-corrected chi connectivity index (χ0v) is 13.1. The lowest BCUT2D eigenvalue weighted by Crippen LogP contribution is -2.22. The van der Waals surface area contributed by atoms with Gasteiger partial charge < -0.3 is 29.5 Å². The molecule has 0 saturated carbocycles. The van der Waals surface area contributed by atoms with E-state index in [-0.39, 0.29) is 18.8 Å². The lowest BCUT2D eigenvalue weighted by Gasteiger charge is -2.13. The number of ether oxygens (including phenoxy) is 3. The highest BCUT2D eigenvalue weighted by atomic mass is 16.6. The molecule has 0 aliphatic rings. The van der Waals surface area contributed by atoms with Crippen LogP contribution in [-0.2, 0) is 19.0 Å². The molecule has 0 saturated heterocycles. The molecule has 0 heterocycles. The van der Waals surface area contributed by atoms with Crippen molar-refractivity contribution in [3.8, 4) is 0 Å². The Labute approximate surface area is 126 Å². The normalized spacial score (nSPS) is 11.7. The van der Waals surface area contributed by atoms with Crippen LogP contribution in [-0.4, -0.2) is 67.2 Å². The Morgan fingerprint density at radius 3 is 2.10 bits per heavy atom. The third-order valence-corrected chi connectivity index (χ3v) is 1.86. The van der Waals surface area contributed by atoms with Crippen LogP contribution in [0.2, 0.25) is 0 Å². The summed E-state index contributed by atoms with van der Waals surface area (Å²) in [5.41, 5.74) is 0.176. The van der Waals surface area contributed by atoms with Gasteiger partial charge in [-0.25, -0.2) is 4.79 Å². The summed E-state index contributed by atoms with van der Waals surface area (Å²) in [6.45, 7) is 10.4. The maximum absolute atomic E-state index is 9.60. The molecule has 0 bridgehead atoms. The van der Waals surface area contributed by atoms with Crippen LogP contribution in [0.1, 0.15) is 20.8 Å². The van der Waals surface area contributed by atoms with Crippen molar-refractivity contribution >= 4 is 5.97 Å². The molecule has 7 nitrogen and oxygen atoms in total. The first-order valence-electron chi connectivity index (χ1n) is 6.76. The Hall–Kier alpha value is -0.990. The van der Waals surface area contributed by atoms with Gasteiger partial charge in [-0.3, -0.25) is 0 Å². The second kappa shape index (κ2) is 15.4. The van der Waals surface area contributed by atoms with Crippen LogP contribution in [0.3, 0.4) is 0 Å². The molecular formula is C14H28O7. The van der Waals surface area contributed by atoms with Gasteiger partial charge in [-0.2, -0.15) is 0 Å². The summed E-state index contributed by atoms with van der Waals surface area (Å²) in [6, 6.07) is 0. The second-order valence-corrected chi connectivity index (χ2v) is 4.68. The summed E-state index contributed by atoms with van der Waals surface area (Å²) in [5, 5.41) is 25.6. The van der Waals surface area contributed by atoms with Gasteiger partial charge in [-0.15, -0.1) is 0 Å². The largest absolute Gasteiger partial charge is 0.478 e. The fourth-order valence-electron chi connectivity index (χ4n) is 0.820. The van der Waals surface area contributed by atoms with E-state index < -0.39 is 12.3 Å². The molecule has 0 fully saturated rings. The molecule has 1 atom stereocenters. The summed E-state index contributed by atoms with van der Waals surface area (Å²) in [4.78, 5) is 9.60. The third kappa shape index (κ3) is 21.5. The Bertz CT molecular complexity index is 254. The number of carbonyl (C=O) groups is 1. The van der Waals surface area contributed by atoms with Gasteiger partial charge in [0.2, 0.25) is 0 Å². The summed E-state index contributed by atoms with van der Waals surface area (Å²) in [7, 11) is 0. The van der Waals surface area contributed by atoms with Crippen LogP contribution in [0.15, 0.2) is 12.2 Å². The molecule has 0 spiro atoms. The fourth-order valence-corrected chi connectivity index (χ4v) is 0.820. The Morgan fingerprint density at radius 1 is 1.14 bits per heavy atom. The van der Waals surface area contributed by atoms with Gasteiger partial charge in [0.25, 0.3) is 0 Å². The number of hydrogen-bond acceptors (Lipinski definition) is 6. The van der Waals surface area contributed by atoms with Crippen molar-refractivity contribution in [1.29, 1.82) is 0 Å². The van der Waals surface area contributed by atoms with Gasteiger partial charge in [0.05, 0.1) is 39.6 Å². The van der Waals surface area contributed by atoms with Crippen LogP contribution < -0.4 is 0 Å². The van der Waals surface area contributed by atoms with Crippen molar-refractivity contribution in [2.45, 2.75) is 27.1 Å². The number of aliphatic carboxylic acids is 1. The van der Waals surface area contributed by atoms with Crippen molar-refractivity contribution in [2.24, 2.45) is 5.92 Å². The van der Waals surface area contributed by atoms with E-state index in [4.69, 9.17) is 24.4 Å². The van der Waals surface area contributed by atoms with E-state index >= 15 is 0 Å². The molecule has 0 aliphatic carbocycles. The molecule has 21 heavy (non-hydrogen) atoms. The van der Waals surface area contributed by atoms with Gasteiger partial charge in [-0.05, 0) is 12.8 Å². The lowest BCUT2D eigenvalue weighted by molar-refractivity contribution is -0.146. The molecule has 0 radical (unpaired) electrons. The minimum Gasteiger partial charge on any atom is -0.478 e. The summed E-state index contributed by atoms with van der Waals surface area (Å²) in [6.07, 6.45) is -0.870. The monoisotopic (exact) mass is 308 g/mol. The number of carboxylic acids is 1. The molecule has 126 valence electrons. The maximum Gasteiger partial charge on any atom is 0.330 e. The first-order chi connectivity index (χ1) is 9.81. The van der Waals surface area contributed by atoms with Crippen LogP contribution in [0.5, 0.6) is 0 Å². The lowest BCUT2D eigenvalue weighted by atomic mass is 10.2. The average molecular weight is 308 g/mol. The van der Waals surface area contributed by atoms with Crippen molar-refractivity contribution in [1.82, 2.24) is 0 Å². The van der Waals surface area contributed by atoms with Gasteiger partial charge >= 0.3 is 5.97 Å². The standard InChI is InChI=1S/C10H22O5.C4H6O2/c1-9(2)7-15-10(12)8-14-6-5-13-4-3-11;1-3(2)4(5)6/h9-12H,3-8H2,1-2H3;1H2,2H3,(H,5,6). The molecular weight excluding hydrogens is 280 g/mol. The number of aliphatic hydroxyl groups excluding tert-OH is 2. The molecule has 0 amide bonds. The molecule has 1 unspecified atom stereocenters. The number of aliphatic hydroxyl groups is 2. The van der Waals surface area contributed by atoms with E-state index in [9.17, 15) is 9.90 Å². The van der Waals surface area contributed by atoms with Crippen molar-refractivity contribution < 1.29 is 34.3 Å². The minimum absolute atomic E-state index is 0.0140. The van der Waals surface area contributed by atoms with E-state index in [1.54, 1.807) is 0 Å². The molecule has 3 N–H and O–H groups in total. The molecule has 0 aromatic carbocycles. The zero-order valence-electron chi connectivity index (χ0n) is 13.1. The highest BCUT2D eigenvalue weighted by Crippen LogP contribution is 1.96. The van der Waals surface area contributed by atoms with E-state index in [0.29, 0.717) is 32.3 Å². The molecule has 0 rings (SSSR count). The summed E-state index contributed by atoms with van der Waals surface area (Å²) >= 11 is 0. The zero-order chi connectivity index (χ0) is 16.7. The highest BCUT2D eigenvalue weighted by Gasteiger charge is 2.05. The number of carboxylic acid groups (broad SMARTS) is 1. The van der Waals surface area contributed by atoms with Crippen LogP contribution in [0.4, 0.5) is 0 Å². The maximum atomic E-state index is 9.60. The number of rotatable bonds is 11. The SMILES string of the molecule is C=C(C)C(=O)O.CC(C)COC(O)COCCOCCO. The van der Waals surface area contributed by atoms with Crippen molar-refractivity contribution in [3.05, 3.63) is 12.2 Å². The van der Waals surface area contributed by atoms with Crippen LogP contribution in [0, 0.1) is 5.92 Å². The predicted molar refractivity (Wildman–Crippen MR) is 78.0 cm³/mol. The van der Waals surface area contributed by atoms with E-state index in [1.165, 1.54) is 6.92 Å². The quantitative estimate of drug-likeness (QED) is 0.292. The van der Waals surface area contributed by atoms with Gasteiger partial charge in [0.1, 0.15) is 0 Å². The first kappa shape index (κ1) is 22.3. The molecule has 0 aromatic heterocycles. The fraction of sp³-hybridized carbons (Fsp3) is 0.786. The molecule has 0 aromatic rings. The third-order valence-electron chi connectivity index (χ3n) is 1.86. The van der Waals surface area contributed by atoms with Crippen LogP contribution in [0.25, 0.3) is 0 Å². The van der Waals surface area contributed by atoms with Crippen LogP contribution >= 0.6 is 0 Å². The minimum atomic E-state index is -0.935. The van der Waals surface area contributed by atoms with E-state index in [0.717, 1.165) is 0 Å². The van der Waals surface area contributed by atoms with Crippen molar-refractivity contribution in [2.75, 3.05) is 39.6 Å². The molecule has 7 heteroatoms. The Balaban J connectivity index is 0. The van der Waals surface area contributed by atoms with Gasteiger partial charge in [0.15, 0.2) is 6.29 Å². The second-order valence-electron chi connectivity index (χ2n) is 4.68. The highest BCUT2D eigenvalue weighted by molar-refractivity contribution is 5.84. The van der Waals surface area contributed by atoms with Gasteiger partial charge in [0, 0.05) is 5.57 Å². The topological polar surface area (TPSA) is 105 Å². The van der Waals surface area contributed by atoms with Gasteiger partial charge in [-0.1, -0.05) is 20.4 Å². The Kier molecular flexibility index (Phi) is 16.3. The number of hydrogen-bond donors (Lipinski definition) is 3. The van der Waals surface area contributed by atoms with E-state index in [1.807, 2.05) is 13.8 Å². The van der Waals surface area contributed by atoms with Crippen molar-refractivity contribution in [3.63, 3.8) is 0 Å². The summed E-state index contributed by atoms with van der Waals surface area (Å²) < 4.78 is 15.1.